The molecule has 5 atom stereocenters. The van der Waals surface area contributed by atoms with Crippen molar-refractivity contribution in [2.45, 2.75) is 51.2 Å². The number of ether oxygens (including phenoxy) is 3. The van der Waals surface area contributed by atoms with Crippen LogP contribution in [-0.4, -0.2) is 35.3 Å². The van der Waals surface area contributed by atoms with E-state index in [9.17, 15) is 9.90 Å². The Kier molecular flexibility index (Phi) is 8.02. The van der Waals surface area contributed by atoms with Gasteiger partial charge in [-0.2, -0.15) is 0 Å². The predicted octanol–water partition coefficient (Wildman–Crippen LogP) is 4.32. The van der Waals surface area contributed by atoms with Gasteiger partial charge >= 0.3 is 0 Å². The summed E-state index contributed by atoms with van der Waals surface area (Å²) < 4.78 is 18.5. The molecular weight excluding hydrogens is 416 g/mol. The molecule has 1 N–H and O–H groups in total. The number of carbonyl (C=O) groups is 1. The molecule has 1 saturated carbocycles. The monoisotopic (exact) mass is 446 g/mol. The number of hydrogen-bond donors (Lipinski definition) is 1. The number of aliphatic hydroxyl groups excluding tert-OH is 1. The number of carbonyl (C=O) groups excluding carboxylic acids is 1. The van der Waals surface area contributed by atoms with Crippen molar-refractivity contribution in [1.29, 1.82) is 0 Å². The van der Waals surface area contributed by atoms with Crippen molar-refractivity contribution in [3.8, 4) is 0 Å². The topological polar surface area (TPSA) is 65.0 Å². The molecule has 2 unspecified atom stereocenters. The van der Waals surface area contributed by atoms with Crippen LogP contribution >= 0.6 is 0 Å². The SMILES string of the molecule is CC1C(=O)[C@H](OCc2ccccc2)[C@H](OCc2ccccc2)[C@@H](OCc2ccccc2)C1O. The molecule has 33 heavy (non-hydrogen) atoms. The van der Waals surface area contributed by atoms with Crippen LogP contribution in [0, 0.1) is 5.92 Å². The molecule has 0 spiro atoms. The third-order valence-electron chi connectivity index (χ3n) is 6.04. The van der Waals surface area contributed by atoms with Crippen LogP contribution in [0.4, 0.5) is 0 Å². The van der Waals surface area contributed by atoms with Gasteiger partial charge < -0.3 is 19.3 Å². The number of aliphatic hydroxyl groups is 1. The van der Waals surface area contributed by atoms with E-state index >= 15 is 0 Å². The Morgan fingerprint density at radius 3 is 1.48 bits per heavy atom. The van der Waals surface area contributed by atoms with Crippen molar-refractivity contribution >= 4 is 5.78 Å². The maximum Gasteiger partial charge on any atom is 0.169 e. The summed E-state index contributed by atoms with van der Waals surface area (Å²) in [6.07, 6.45) is -3.27. The summed E-state index contributed by atoms with van der Waals surface area (Å²) in [6.45, 7) is 2.59. The fourth-order valence-corrected chi connectivity index (χ4v) is 4.09. The molecule has 3 aromatic carbocycles. The van der Waals surface area contributed by atoms with Crippen molar-refractivity contribution < 1.29 is 24.1 Å². The fourth-order valence-electron chi connectivity index (χ4n) is 4.09. The number of rotatable bonds is 9. The normalized spacial score (nSPS) is 25.2. The summed E-state index contributed by atoms with van der Waals surface area (Å²) in [4.78, 5) is 13.2. The Balaban J connectivity index is 1.55. The zero-order chi connectivity index (χ0) is 23.0. The zero-order valence-electron chi connectivity index (χ0n) is 18.7. The molecule has 0 heterocycles. The van der Waals surface area contributed by atoms with Gasteiger partial charge in [0, 0.05) is 5.92 Å². The van der Waals surface area contributed by atoms with Gasteiger partial charge in [-0.3, -0.25) is 4.79 Å². The highest BCUT2D eigenvalue weighted by Crippen LogP contribution is 2.31. The Morgan fingerprint density at radius 2 is 1.03 bits per heavy atom. The molecule has 1 aliphatic rings. The molecule has 0 saturated heterocycles. The van der Waals surface area contributed by atoms with E-state index < -0.39 is 30.3 Å². The van der Waals surface area contributed by atoms with Crippen molar-refractivity contribution in [2.24, 2.45) is 5.92 Å². The molecule has 1 fully saturated rings. The van der Waals surface area contributed by atoms with E-state index in [1.165, 1.54) is 0 Å². The lowest BCUT2D eigenvalue weighted by Crippen LogP contribution is -2.60. The average Bonchev–Trinajstić information content (AvgIpc) is 2.87. The van der Waals surface area contributed by atoms with Crippen LogP contribution in [0.1, 0.15) is 23.6 Å². The van der Waals surface area contributed by atoms with Gasteiger partial charge in [0.2, 0.25) is 0 Å². The number of benzene rings is 3. The van der Waals surface area contributed by atoms with Crippen molar-refractivity contribution in [3.63, 3.8) is 0 Å². The van der Waals surface area contributed by atoms with Gasteiger partial charge in [0.25, 0.3) is 0 Å². The fraction of sp³-hybridized carbons (Fsp3) is 0.321. The Labute approximate surface area is 194 Å². The molecule has 3 aromatic rings. The molecular formula is C28H30O5. The Bertz CT molecular complexity index is 993. The first-order chi connectivity index (χ1) is 16.1. The van der Waals surface area contributed by atoms with Gasteiger partial charge in [0.15, 0.2) is 5.78 Å². The maximum absolute atomic E-state index is 13.2. The number of Topliss-reactive ketones (excluding diaryl/α,β-unsaturated/α-hetero) is 1. The average molecular weight is 447 g/mol. The summed E-state index contributed by atoms with van der Waals surface area (Å²) in [5, 5.41) is 11.0. The maximum atomic E-state index is 13.2. The summed E-state index contributed by atoms with van der Waals surface area (Å²) in [5.41, 5.74) is 2.92. The number of ketones is 1. The smallest absolute Gasteiger partial charge is 0.169 e. The summed E-state index contributed by atoms with van der Waals surface area (Å²) in [6, 6.07) is 29.2. The standard InChI is InChI=1S/C28H30O5/c1-20-24(29)26(31-17-21-11-5-2-6-12-21)28(33-19-23-15-9-4-10-16-23)27(25(20)30)32-18-22-13-7-3-8-14-22/h2-16,20,24,26-29H,17-19H2,1H3/t20?,24?,26-,27-,28+/m0/s1. The first kappa shape index (κ1) is 23.3. The molecule has 4 rings (SSSR count). The van der Waals surface area contributed by atoms with E-state index in [1.54, 1.807) is 6.92 Å². The first-order valence-electron chi connectivity index (χ1n) is 11.3. The van der Waals surface area contributed by atoms with Crippen LogP contribution in [0.5, 0.6) is 0 Å². The first-order valence-corrected chi connectivity index (χ1v) is 11.3. The van der Waals surface area contributed by atoms with Crippen LogP contribution in [-0.2, 0) is 38.8 Å². The Morgan fingerprint density at radius 1 is 0.636 bits per heavy atom. The van der Waals surface area contributed by atoms with Crippen LogP contribution < -0.4 is 0 Å². The minimum atomic E-state index is -0.987. The molecule has 172 valence electrons. The third kappa shape index (κ3) is 5.95. The predicted molar refractivity (Wildman–Crippen MR) is 125 cm³/mol. The van der Waals surface area contributed by atoms with E-state index in [2.05, 4.69) is 0 Å². The lowest BCUT2D eigenvalue weighted by Gasteiger charge is -2.42. The Hall–Kier alpha value is -2.83. The molecule has 5 heteroatoms. The molecule has 0 aliphatic heterocycles. The van der Waals surface area contributed by atoms with Gasteiger partial charge in [-0.1, -0.05) is 97.9 Å². The van der Waals surface area contributed by atoms with Crippen molar-refractivity contribution in [3.05, 3.63) is 108 Å². The lowest BCUT2D eigenvalue weighted by atomic mass is 9.80. The molecule has 1 aliphatic carbocycles. The third-order valence-corrected chi connectivity index (χ3v) is 6.04. The van der Waals surface area contributed by atoms with E-state index in [0.29, 0.717) is 6.61 Å². The second-order valence-electron chi connectivity index (χ2n) is 8.42. The molecule has 0 aromatic heterocycles. The van der Waals surface area contributed by atoms with Crippen LogP contribution in [0.25, 0.3) is 0 Å². The largest absolute Gasteiger partial charge is 0.390 e. The number of hydrogen-bond acceptors (Lipinski definition) is 5. The molecule has 0 amide bonds. The molecule has 0 bridgehead atoms. The quantitative estimate of drug-likeness (QED) is 0.530. The molecule has 0 radical (unpaired) electrons. The minimum Gasteiger partial charge on any atom is -0.390 e. The second kappa shape index (κ2) is 11.3. The van der Waals surface area contributed by atoms with E-state index in [-0.39, 0.29) is 19.0 Å². The van der Waals surface area contributed by atoms with Crippen molar-refractivity contribution in [2.75, 3.05) is 0 Å². The summed E-state index contributed by atoms with van der Waals surface area (Å²) >= 11 is 0. The highest BCUT2D eigenvalue weighted by atomic mass is 16.6. The van der Waals surface area contributed by atoms with Gasteiger partial charge in [0.1, 0.15) is 18.3 Å². The highest BCUT2D eigenvalue weighted by Gasteiger charge is 2.50. The zero-order valence-corrected chi connectivity index (χ0v) is 18.7. The van der Waals surface area contributed by atoms with Crippen LogP contribution in [0.15, 0.2) is 91.0 Å². The van der Waals surface area contributed by atoms with Crippen LogP contribution in [0.3, 0.4) is 0 Å². The van der Waals surface area contributed by atoms with Gasteiger partial charge in [-0.25, -0.2) is 0 Å². The summed E-state index contributed by atoms with van der Waals surface area (Å²) in [7, 11) is 0. The highest BCUT2D eigenvalue weighted by molar-refractivity contribution is 5.87. The van der Waals surface area contributed by atoms with Gasteiger partial charge in [0.05, 0.1) is 25.9 Å². The van der Waals surface area contributed by atoms with E-state index in [4.69, 9.17) is 14.2 Å². The molecule has 5 nitrogen and oxygen atoms in total. The summed E-state index contributed by atoms with van der Waals surface area (Å²) in [5.74, 6) is -0.792. The van der Waals surface area contributed by atoms with E-state index in [1.807, 2.05) is 91.0 Å². The second-order valence-corrected chi connectivity index (χ2v) is 8.42. The van der Waals surface area contributed by atoms with Gasteiger partial charge in [-0.05, 0) is 16.7 Å². The minimum absolute atomic E-state index is 0.170. The van der Waals surface area contributed by atoms with Crippen molar-refractivity contribution in [1.82, 2.24) is 0 Å². The van der Waals surface area contributed by atoms with E-state index in [0.717, 1.165) is 16.7 Å². The van der Waals surface area contributed by atoms with Gasteiger partial charge in [-0.15, -0.1) is 0 Å². The lowest BCUT2D eigenvalue weighted by molar-refractivity contribution is -0.210. The van der Waals surface area contributed by atoms with Crippen LogP contribution in [0.2, 0.25) is 0 Å².